The first kappa shape index (κ1) is 15.6. The van der Waals surface area contributed by atoms with E-state index >= 15 is 0 Å². The number of rotatable bonds is 8. The third-order valence-corrected chi connectivity index (χ3v) is 4.31. The molecule has 0 aliphatic heterocycles. The molecule has 0 saturated heterocycles. The lowest BCUT2D eigenvalue weighted by Crippen LogP contribution is -2.27. The predicted octanol–water partition coefficient (Wildman–Crippen LogP) is 2.32. The molecule has 6 nitrogen and oxygen atoms in total. The van der Waals surface area contributed by atoms with Crippen molar-refractivity contribution >= 4 is 5.91 Å². The summed E-state index contributed by atoms with van der Waals surface area (Å²) < 4.78 is 0. The van der Waals surface area contributed by atoms with Gasteiger partial charge in [0.05, 0.1) is 0 Å². The van der Waals surface area contributed by atoms with Crippen LogP contribution in [0.4, 0.5) is 0 Å². The largest absolute Gasteiger partial charge is 0.355 e. The van der Waals surface area contributed by atoms with E-state index in [2.05, 4.69) is 50.2 Å². The van der Waals surface area contributed by atoms with Crippen molar-refractivity contribution in [3.05, 3.63) is 41.2 Å². The van der Waals surface area contributed by atoms with Crippen LogP contribution in [0.5, 0.6) is 0 Å². The summed E-state index contributed by atoms with van der Waals surface area (Å²) in [6.45, 7) is 2.50. The maximum absolute atomic E-state index is 11.9. The van der Waals surface area contributed by atoms with Crippen molar-refractivity contribution in [1.29, 1.82) is 0 Å². The minimum atomic E-state index is 0.0627. The molecule has 1 aromatic heterocycles. The number of H-pyrrole nitrogens is 1. The molecule has 0 radical (unpaired) electrons. The Kier molecular flexibility index (Phi) is 5.00. The highest BCUT2D eigenvalue weighted by atomic mass is 16.1. The summed E-state index contributed by atoms with van der Waals surface area (Å²) in [7, 11) is 0. The van der Waals surface area contributed by atoms with Crippen LogP contribution in [0.1, 0.15) is 61.4 Å². The Morgan fingerprint density at radius 3 is 2.78 bits per heavy atom. The van der Waals surface area contributed by atoms with Crippen molar-refractivity contribution in [3.63, 3.8) is 0 Å². The van der Waals surface area contributed by atoms with Crippen LogP contribution in [-0.4, -0.2) is 33.1 Å². The molecule has 1 aliphatic carbocycles. The first-order valence-electron chi connectivity index (χ1n) is 8.31. The summed E-state index contributed by atoms with van der Waals surface area (Å²) in [5, 5.41) is 16.7. The standard InChI is InChI=1S/C17H23N5O/c1-12(17-19-21-22-20-17)11-18-16(23)4-2-3-13-5-7-14(8-6-13)15-9-10-15/h5-8,12,15H,2-4,9-11H2,1H3,(H,18,23)(H,19,20,21,22). The molecule has 1 atom stereocenters. The zero-order valence-electron chi connectivity index (χ0n) is 13.5. The second-order valence-electron chi connectivity index (χ2n) is 6.34. The third kappa shape index (κ3) is 4.61. The molecule has 122 valence electrons. The van der Waals surface area contributed by atoms with E-state index in [9.17, 15) is 4.79 Å². The summed E-state index contributed by atoms with van der Waals surface area (Å²) in [5.41, 5.74) is 2.77. The van der Waals surface area contributed by atoms with Crippen LogP contribution in [0.15, 0.2) is 24.3 Å². The zero-order chi connectivity index (χ0) is 16.1. The number of hydrogen-bond donors (Lipinski definition) is 2. The van der Waals surface area contributed by atoms with Gasteiger partial charge in [0.1, 0.15) is 0 Å². The summed E-state index contributed by atoms with van der Waals surface area (Å²) in [4.78, 5) is 11.9. The number of aromatic nitrogens is 4. The van der Waals surface area contributed by atoms with Crippen molar-refractivity contribution in [2.24, 2.45) is 0 Å². The maximum atomic E-state index is 11.9. The van der Waals surface area contributed by atoms with E-state index in [1.54, 1.807) is 0 Å². The molecule has 1 unspecified atom stereocenters. The fraction of sp³-hybridized carbons (Fsp3) is 0.529. The van der Waals surface area contributed by atoms with Crippen molar-refractivity contribution in [2.75, 3.05) is 6.54 Å². The van der Waals surface area contributed by atoms with Gasteiger partial charge in [-0.05, 0) is 42.7 Å². The van der Waals surface area contributed by atoms with Gasteiger partial charge >= 0.3 is 0 Å². The van der Waals surface area contributed by atoms with E-state index in [1.165, 1.54) is 24.0 Å². The summed E-state index contributed by atoms with van der Waals surface area (Å²) >= 11 is 0. The molecule has 1 heterocycles. The zero-order valence-corrected chi connectivity index (χ0v) is 13.5. The average molecular weight is 313 g/mol. The molecule has 1 aliphatic rings. The predicted molar refractivity (Wildman–Crippen MR) is 87.0 cm³/mol. The number of tetrazole rings is 1. The molecule has 6 heteroatoms. The van der Waals surface area contributed by atoms with Crippen molar-refractivity contribution in [3.8, 4) is 0 Å². The normalized spacial score (nSPS) is 15.3. The Morgan fingerprint density at radius 2 is 2.13 bits per heavy atom. The number of carbonyl (C=O) groups is 1. The number of nitrogens with one attached hydrogen (secondary N) is 2. The quantitative estimate of drug-likeness (QED) is 0.783. The fourth-order valence-corrected chi connectivity index (χ4v) is 2.65. The smallest absolute Gasteiger partial charge is 0.220 e. The number of amides is 1. The number of aryl methyl sites for hydroxylation is 1. The van der Waals surface area contributed by atoms with Crippen LogP contribution in [0.25, 0.3) is 0 Å². The second-order valence-corrected chi connectivity index (χ2v) is 6.34. The Hall–Kier alpha value is -2.24. The van der Waals surface area contributed by atoms with Gasteiger partial charge in [0.15, 0.2) is 5.82 Å². The van der Waals surface area contributed by atoms with Crippen LogP contribution in [-0.2, 0) is 11.2 Å². The molecule has 3 rings (SSSR count). The molecule has 2 aromatic rings. The van der Waals surface area contributed by atoms with Gasteiger partial charge in [-0.2, -0.15) is 5.21 Å². The molecule has 0 spiro atoms. The van der Waals surface area contributed by atoms with E-state index in [1.807, 2.05) is 6.92 Å². The lowest BCUT2D eigenvalue weighted by atomic mass is 10.0. The van der Waals surface area contributed by atoms with Crippen LogP contribution < -0.4 is 5.32 Å². The number of nitrogens with zero attached hydrogens (tertiary/aromatic N) is 3. The van der Waals surface area contributed by atoms with Crippen molar-refractivity contribution < 1.29 is 4.79 Å². The van der Waals surface area contributed by atoms with Crippen LogP contribution >= 0.6 is 0 Å². The third-order valence-electron chi connectivity index (χ3n) is 4.31. The molecule has 1 saturated carbocycles. The molecular weight excluding hydrogens is 290 g/mol. The highest BCUT2D eigenvalue weighted by Crippen LogP contribution is 2.39. The van der Waals surface area contributed by atoms with Gasteiger partial charge in [0.25, 0.3) is 0 Å². The molecule has 1 fully saturated rings. The monoisotopic (exact) mass is 313 g/mol. The summed E-state index contributed by atoms with van der Waals surface area (Å²) in [6.07, 6.45) is 5.02. The molecule has 1 amide bonds. The van der Waals surface area contributed by atoms with Crippen molar-refractivity contribution in [1.82, 2.24) is 25.9 Å². The van der Waals surface area contributed by atoms with Gasteiger partial charge in [-0.15, -0.1) is 10.2 Å². The topological polar surface area (TPSA) is 83.6 Å². The molecule has 2 N–H and O–H groups in total. The fourth-order valence-electron chi connectivity index (χ4n) is 2.65. The van der Waals surface area contributed by atoms with E-state index in [0.717, 1.165) is 18.8 Å². The Bertz CT molecular complexity index is 619. The SMILES string of the molecule is CC(CNC(=O)CCCc1ccc(C2CC2)cc1)c1nn[nH]n1. The number of aromatic amines is 1. The average Bonchev–Trinajstić information content (AvgIpc) is 3.27. The Balaban J connectivity index is 1.34. The number of hydrogen-bond acceptors (Lipinski definition) is 4. The van der Waals surface area contributed by atoms with Gasteiger partial charge in [0, 0.05) is 18.9 Å². The Labute approximate surface area is 136 Å². The van der Waals surface area contributed by atoms with Gasteiger partial charge in [-0.3, -0.25) is 4.79 Å². The van der Waals surface area contributed by atoms with Gasteiger partial charge in [-0.25, -0.2) is 0 Å². The van der Waals surface area contributed by atoms with Crippen LogP contribution in [0.2, 0.25) is 0 Å². The van der Waals surface area contributed by atoms with Crippen LogP contribution in [0, 0.1) is 0 Å². The maximum Gasteiger partial charge on any atom is 0.220 e. The van der Waals surface area contributed by atoms with E-state index in [-0.39, 0.29) is 11.8 Å². The Morgan fingerprint density at radius 1 is 1.35 bits per heavy atom. The van der Waals surface area contributed by atoms with E-state index < -0.39 is 0 Å². The molecule has 23 heavy (non-hydrogen) atoms. The minimum absolute atomic E-state index is 0.0627. The van der Waals surface area contributed by atoms with E-state index in [4.69, 9.17) is 0 Å². The lowest BCUT2D eigenvalue weighted by molar-refractivity contribution is -0.121. The molecular formula is C17H23N5O. The highest BCUT2D eigenvalue weighted by Gasteiger charge is 2.22. The van der Waals surface area contributed by atoms with Gasteiger partial charge < -0.3 is 5.32 Å². The highest BCUT2D eigenvalue weighted by molar-refractivity contribution is 5.75. The van der Waals surface area contributed by atoms with Gasteiger partial charge in [-0.1, -0.05) is 36.4 Å². The van der Waals surface area contributed by atoms with Crippen LogP contribution in [0.3, 0.4) is 0 Å². The second kappa shape index (κ2) is 7.35. The van der Waals surface area contributed by atoms with E-state index in [0.29, 0.717) is 18.8 Å². The number of carbonyl (C=O) groups excluding carboxylic acids is 1. The number of benzene rings is 1. The summed E-state index contributed by atoms with van der Waals surface area (Å²) in [5.74, 6) is 1.57. The minimum Gasteiger partial charge on any atom is -0.355 e. The first-order chi connectivity index (χ1) is 11.2. The first-order valence-corrected chi connectivity index (χ1v) is 8.31. The molecule has 0 bridgehead atoms. The molecule has 1 aromatic carbocycles. The lowest BCUT2D eigenvalue weighted by Gasteiger charge is -2.09. The van der Waals surface area contributed by atoms with Gasteiger partial charge in [0.2, 0.25) is 5.91 Å². The van der Waals surface area contributed by atoms with Crippen molar-refractivity contribution in [2.45, 2.75) is 50.9 Å². The summed E-state index contributed by atoms with van der Waals surface area (Å²) in [6, 6.07) is 8.87.